The lowest BCUT2D eigenvalue weighted by Gasteiger charge is -2.22. The standard InChI is InChI=1S/C14H21N3O2/c1-14(19)7-8-17(10-14)9-13(18)16(2)12-5-3-11(15)4-6-12/h3-6,19H,7-10,15H2,1-2H3. The fraction of sp³-hybridized carbons (Fsp3) is 0.500. The fourth-order valence-corrected chi connectivity index (χ4v) is 2.31. The average molecular weight is 263 g/mol. The molecule has 1 saturated heterocycles. The summed E-state index contributed by atoms with van der Waals surface area (Å²) in [5.74, 6) is 0.0162. The maximum atomic E-state index is 12.2. The maximum Gasteiger partial charge on any atom is 0.240 e. The van der Waals surface area contributed by atoms with E-state index in [1.54, 1.807) is 31.0 Å². The molecule has 0 bridgehead atoms. The van der Waals surface area contributed by atoms with Gasteiger partial charge in [-0.05, 0) is 37.6 Å². The van der Waals surface area contributed by atoms with Crippen LogP contribution in [0.1, 0.15) is 13.3 Å². The van der Waals surface area contributed by atoms with E-state index in [-0.39, 0.29) is 5.91 Å². The molecule has 1 atom stereocenters. The Morgan fingerprint density at radius 2 is 2.11 bits per heavy atom. The Bertz CT molecular complexity index is 456. The molecule has 2 rings (SSSR count). The van der Waals surface area contributed by atoms with Crippen molar-refractivity contribution in [2.24, 2.45) is 0 Å². The van der Waals surface area contributed by atoms with Gasteiger partial charge in [-0.25, -0.2) is 0 Å². The number of nitrogens with two attached hydrogens (primary N) is 1. The molecule has 1 fully saturated rings. The van der Waals surface area contributed by atoms with Gasteiger partial charge in [-0.1, -0.05) is 0 Å². The van der Waals surface area contributed by atoms with Crippen LogP contribution in [-0.4, -0.2) is 48.2 Å². The lowest BCUT2D eigenvalue weighted by molar-refractivity contribution is -0.119. The Hall–Kier alpha value is -1.59. The molecule has 104 valence electrons. The molecule has 1 aromatic carbocycles. The smallest absolute Gasteiger partial charge is 0.240 e. The molecule has 1 aliphatic rings. The average Bonchev–Trinajstić information content (AvgIpc) is 2.68. The second-order valence-electron chi connectivity index (χ2n) is 5.50. The zero-order valence-electron chi connectivity index (χ0n) is 11.5. The van der Waals surface area contributed by atoms with Crippen LogP contribution in [0, 0.1) is 0 Å². The van der Waals surface area contributed by atoms with Crippen LogP contribution in [0.3, 0.4) is 0 Å². The minimum absolute atomic E-state index is 0.0162. The summed E-state index contributed by atoms with van der Waals surface area (Å²) < 4.78 is 0. The highest BCUT2D eigenvalue weighted by Gasteiger charge is 2.32. The van der Waals surface area contributed by atoms with Gasteiger partial charge >= 0.3 is 0 Å². The summed E-state index contributed by atoms with van der Waals surface area (Å²) in [6.45, 7) is 3.45. The summed E-state index contributed by atoms with van der Waals surface area (Å²) in [4.78, 5) is 15.8. The summed E-state index contributed by atoms with van der Waals surface area (Å²) in [5, 5.41) is 9.88. The third-order valence-corrected chi connectivity index (χ3v) is 3.54. The molecule has 1 aliphatic heterocycles. The number of likely N-dealkylation sites (N-methyl/N-ethyl adjacent to an activating group) is 1. The minimum Gasteiger partial charge on any atom is -0.399 e. The van der Waals surface area contributed by atoms with Crippen molar-refractivity contribution in [3.63, 3.8) is 0 Å². The molecule has 0 saturated carbocycles. The molecule has 0 aromatic heterocycles. The van der Waals surface area contributed by atoms with Crippen molar-refractivity contribution in [2.75, 3.05) is 37.3 Å². The number of nitrogen functional groups attached to an aromatic ring is 1. The lowest BCUT2D eigenvalue weighted by atomic mass is 10.1. The number of nitrogens with zero attached hydrogens (tertiary/aromatic N) is 2. The van der Waals surface area contributed by atoms with Gasteiger partial charge in [0.2, 0.25) is 5.91 Å². The van der Waals surface area contributed by atoms with E-state index < -0.39 is 5.60 Å². The van der Waals surface area contributed by atoms with Gasteiger partial charge in [-0.2, -0.15) is 0 Å². The van der Waals surface area contributed by atoms with Crippen LogP contribution in [0.4, 0.5) is 11.4 Å². The quantitative estimate of drug-likeness (QED) is 0.787. The molecule has 0 aliphatic carbocycles. The van der Waals surface area contributed by atoms with E-state index in [1.165, 1.54) is 0 Å². The third-order valence-electron chi connectivity index (χ3n) is 3.54. The number of benzene rings is 1. The van der Waals surface area contributed by atoms with E-state index in [0.717, 1.165) is 12.2 Å². The van der Waals surface area contributed by atoms with Crippen molar-refractivity contribution >= 4 is 17.3 Å². The van der Waals surface area contributed by atoms with Gasteiger partial charge in [-0.3, -0.25) is 9.69 Å². The Labute approximate surface area is 113 Å². The van der Waals surface area contributed by atoms with Crippen LogP contribution in [0.2, 0.25) is 0 Å². The lowest BCUT2D eigenvalue weighted by Crippen LogP contribution is -2.39. The summed E-state index contributed by atoms with van der Waals surface area (Å²) >= 11 is 0. The van der Waals surface area contributed by atoms with Crippen LogP contribution in [0.5, 0.6) is 0 Å². The molecule has 0 spiro atoms. The molecule has 1 heterocycles. The van der Waals surface area contributed by atoms with E-state index in [2.05, 4.69) is 0 Å². The molecule has 0 radical (unpaired) electrons. The van der Waals surface area contributed by atoms with Crippen LogP contribution in [0.15, 0.2) is 24.3 Å². The third kappa shape index (κ3) is 3.45. The highest BCUT2D eigenvalue weighted by atomic mass is 16.3. The van der Waals surface area contributed by atoms with E-state index in [1.807, 2.05) is 17.0 Å². The van der Waals surface area contributed by atoms with Gasteiger partial charge in [0.25, 0.3) is 0 Å². The van der Waals surface area contributed by atoms with E-state index >= 15 is 0 Å². The van der Waals surface area contributed by atoms with Crippen LogP contribution in [0.25, 0.3) is 0 Å². The first-order chi connectivity index (χ1) is 8.87. The van der Waals surface area contributed by atoms with Gasteiger partial charge < -0.3 is 15.7 Å². The highest BCUT2D eigenvalue weighted by molar-refractivity contribution is 5.94. The van der Waals surface area contributed by atoms with E-state index in [9.17, 15) is 9.90 Å². The number of carbonyl (C=O) groups is 1. The number of β-amino-alcohol motifs (C(OH)–C–C–N with tert-alkyl or cyclic N) is 1. The molecule has 5 heteroatoms. The van der Waals surface area contributed by atoms with Crippen molar-refractivity contribution in [3.8, 4) is 0 Å². The first-order valence-corrected chi connectivity index (χ1v) is 6.44. The topological polar surface area (TPSA) is 69.8 Å². The number of amides is 1. The summed E-state index contributed by atoms with van der Waals surface area (Å²) in [7, 11) is 1.75. The van der Waals surface area contributed by atoms with Gasteiger partial charge in [-0.15, -0.1) is 0 Å². The van der Waals surface area contributed by atoms with Crippen molar-refractivity contribution in [3.05, 3.63) is 24.3 Å². The minimum atomic E-state index is -0.667. The maximum absolute atomic E-state index is 12.2. The monoisotopic (exact) mass is 263 g/mol. The van der Waals surface area contributed by atoms with E-state index in [4.69, 9.17) is 5.73 Å². The SMILES string of the molecule is CN(C(=O)CN1CCC(C)(O)C1)c1ccc(N)cc1. The van der Waals surface area contributed by atoms with Gasteiger partial charge in [0.05, 0.1) is 12.1 Å². The van der Waals surface area contributed by atoms with Crippen LogP contribution < -0.4 is 10.6 Å². The Balaban J connectivity index is 1.95. The number of likely N-dealkylation sites (tertiary alicyclic amines) is 1. The van der Waals surface area contributed by atoms with Gasteiger partial charge in [0.15, 0.2) is 0 Å². The largest absolute Gasteiger partial charge is 0.399 e. The summed E-state index contributed by atoms with van der Waals surface area (Å²) in [6, 6.07) is 7.21. The summed E-state index contributed by atoms with van der Waals surface area (Å²) in [6.07, 6.45) is 0.714. The summed E-state index contributed by atoms with van der Waals surface area (Å²) in [5.41, 5.74) is 6.46. The Morgan fingerprint density at radius 1 is 1.47 bits per heavy atom. The number of rotatable bonds is 3. The highest BCUT2D eigenvalue weighted by Crippen LogP contribution is 2.21. The second-order valence-corrected chi connectivity index (χ2v) is 5.50. The molecule has 19 heavy (non-hydrogen) atoms. The number of anilines is 2. The first kappa shape index (κ1) is 13.8. The fourth-order valence-electron chi connectivity index (χ4n) is 2.31. The molecule has 3 N–H and O–H groups in total. The number of aliphatic hydroxyl groups is 1. The zero-order chi connectivity index (χ0) is 14.0. The second kappa shape index (κ2) is 5.19. The predicted octanol–water partition coefficient (Wildman–Crippen LogP) is 0.688. The number of hydrogen-bond donors (Lipinski definition) is 2. The van der Waals surface area contributed by atoms with Gasteiger partial charge in [0, 0.05) is 31.5 Å². The molecular weight excluding hydrogens is 242 g/mol. The van der Waals surface area contributed by atoms with Crippen molar-refractivity contribution in [1.29, 1.82) is 0 Å². The molecule has 5 nitrogen and oxygen atoms in total. The normalized spacial score (nSPS) is 23.5. The molecule has 1 unspecified atom stereocenters. The van der Waals surface area contributed by atoms with E-state index in [0.29, 0.717) is 25.2 Å². The predicted molar refractivity (Wildman–Crippen MR) is 75.9 cm³/mol. The molecule has 1 amide bonds. The number of carbonyl (C=O) groups excluding carboxylic acids is 1. The number of hydrogen-bond acceptors (Lipinski definition) is 4. The van der Waals surface area contributed by atoms with Crippen LogP contribution >= 0.6 is 0 Å². The zero-order valence-corrected chi connectivity index (χ0v) is 11.5. The molecular formula is C14H21N3O2. The van der Waals surface area contributed by atoms with Crippen LogP contribution in [-0.2, 0) is 4.79 Å². The van der Waals surface area contributed by atoms with Crippen molar-refractivity contribution in [2.45, 2.75) is 18.9 Å². The van der Waals surface area contributed by atoms with Gasteiger partial charge in [0.1, 0.15) is 0 Å². The Kier molecular flexibility index (Phi) is 3.78. The molecule has 1 aromatic rings. The van der Waals surface area contributed by atoms with Crippen molar-refractivity contribution in [1.82, 2.24) is 4.90 Å². The van der Waals surface area contributed by atoms with Crippen molar-refractivity contribution < 1.29 is 9.90 Å². The Morgan fingerprint density at radius 3 is 2.63 bits per heavy atom. The first-order valence-electron chi connectivity index (χ1n) is 6.44.